The molecule has 7 nitrogen and oxygen atoms in total. The maximum Gasteiger partial charge on any atom is 0.332 e. The van der Waals surface area contributed by atoms with Crippen LogP contribution in [0.15, 0.2) is 52.1 Å². The molecule has 33 heavy (non-hydrogen) atoms. The lowest BCUT2D eigenvalue weighted by molar-refractivity contribution is 0.458. The summed E-state index contributed by atoms with van der Waals surface area (Å²) in [7, 11) is 1.69. The highest BCUT2D eigenvalue weighted by molar-refractivity contribution is 5.77. The molecule has 4 aromatic rings. The molecule has 0 aliphatic carbocycles. The van der Waals surface area contributed by atoms with Gasteiger partial charge in [0.1, 0.15) is 0 Å². The van der Waals surface area contributed by atoms with Crippen LogP contribution in [-0.2, 0) is 20.1 Å². The van der Waals surface area contributed by atoms with Crippen molar-refractivity contribution in [2.24, 2.45) is 13.0 Å². The molecule has 3 heterocycles. The molecule has 2 aromatic carbocycles. The van der Waals surface area contributed by atoms with Crippen LogP contribution >= 0.6 is 0 Å². The van der Waals surface area contributed by atoms with E-state index in [1.165, 1.54) is 20.3 Å². The molecule has 1 aliphatic rings. The predicted octanol–water partition coefficient (Wildman–Crippen LogP) is 3.66. The fourth-order valence-electron chi connectivity index (χ4n) is 4.63. The fraction of sp³-hybridized carbons (Fsp3) is 0.346. The number of aryl methyl sites for hydroxylation is 4. The van der Waals surface area contributed by atoms with Gasteiger partial charge in [-0.2, -0.15) is 4.98 Å². The van der Waals surface area contributed by atoms with Gasteiger partial charge in [-0.05, 0) is 55.5 Å². The number of anilines is 2. The van der Waals surface area contributed by atoms with Crippen LogP contribution in [0.5, 0.6) is 0 Å². The molecule has 1 aliphatic heterocycles. The van der Waals surface area contributed by atoms with Crippen molar-refractivity contribution in [1.29, 1.82) is 0 Å². The van der Waals surface area contributed by atoms with Crippen LogP contribution in [0.25, 0.3) is 11.2 Å². The van der Waals surface area contributed by atoms with Crippen LogP contribution in [0.2, 0.25) is 0 Å². The summed E-state index contributed by atoms with van der Waals surface area (Å²) in [4.78, 5) is 33.8. The first-order valence-corrected chi connectivity index (χ1v) is 11.3. The van der Waals surface area contributed by atoms with E-state index in [0.717, 1.165) is 23.4 Å². The van der Waals surface area contributed by atoms with E-state index < -0.39 is 0 Å². The molecule has 0 spiro atoms. The second-order valence-electron chi connectivity index (χ2n) is 9.40. The van der Waals surface area contributed by atoms with Gasteiger partial charge in [-0.15, -0.1) is 0 Å². The number of benzene rings is 2. The monoisotopic (exact) mass is 443 g/mol. The van der Waals surface area contributed by atoms with Crippen LogP contribution in [-0.4, -0.2) is 25.2 Å². The van der Waals surface area contributed by atoms with Gasteiger partial charge >= 0.3 is 5.69 Å². The summed E-state index contributed by atoms with van der Waals surface area (Å²) in [5, 5.41) is 0. The molecule has 0 radical (unpaired) electrons. The Balaban J connectivity index is 1.71. The van der Waals surface area contributed by atoms with Crippen molar-refractivity contribution in [1.82, 2.24) is 18.7 Å². The van der Waals surface area contributed by atoms with E-state index in [4.69, 9.17) is 4.98 Å². The summed E-state index contributed by atoms with van der Waals surface area (Å²) in [6, 6.07) is 14.3. The first kappa shape index (κ1) is 21.2. The Hall–Kier alpha value is -3.61. The second-order valence-corrected chi connectivity index (χ2v) is 9.40. The van der Waals surface area contributed by atoms with Crippen molar-refractivity contribution in [2.45, 2.75) is 40.8 Å². The van der Waals surface area contributed by atoms with Crippen LogP contribution in [0.3, 0.4) is 0 Å². The van der Waals surface area contributed by atoms with E-state index >= 15 is 0 Å². The Labute approximate surface area is 192 Å². The van der Waals surface area contributed by atoms with Crippen molar-refractivity contribution in [2.75, 3.05) is 11.4 Å². The third kappa shape index (κ3) is 3.48. The van der Waals surface area contributed by atoms with Gasteiger partial charge in [0.25, 0.3) is 5.56 Å². The average Bonchev–Trinajstić information content (AvgIpc) is 3.17. The van der Waals surface area contributed by atoms with E-state index in [0.29, 0.717) is 29.6 Å². The van der Waals surface area contributed by atoms with E-state index in [1.807, 2.05) is 35.8 Å². The van der Waals surface area contributed by atoms with Gasteiger partial charge < -0.3 is 9.47 Å². The van der Waals surface area contributed by atoms with Crippen molar-refractivity contribution < 1.29 is 0 Å². The Kier molecular flexibility index (Phi) is 5.00. The van der Waals surface area contributed by atoms with Gasteiger partial charge in [-0.1, -0.05) is 42.8 Å². The van der Waals surface area contributed by atoms with Crippen molar-refractivity contribution >= 4 is 22.8 Å². The summed E-state index contributed by atoms with van der Waals surface area (Å²) in [6.45, 7) is 10.1. The highest BCUT2D eigenvalue weighted by Gasteiger charge is 2.30. The van der Waals surface area contributed by atoms with Gasteiger partial charge in [0.05, 0.1) is 6.54 Å². The normalized spacial score (nSPS) is 15.8. The zero-order valence-corrected chi connectivity index (χ0v) is 19.8. The molecule has 1 atom stereocenters. The minimum atomic E-state index is -0.352. The number of rotatable bonds is 3. The number of fused-ring (bicyclic) bond motifs is 3. The van der Waals surface area contributed by atoms with Gasteiger partial charge in [-0.3, -0.25) is 13.9 Å². The maximum atomic E-state index is 13.6. The smallest absolute Gasteiger partial charge is 0.312 e. The lowest BCUT2D eigenvalue weighted by Gasteiger charge is -2.33. The third-order valence-electron chi connectivity index (χ3n) is 6.71. The zero-order valence-electron chi connectivity index (χ0n) is 19.8. The number of imidazole rings is 1. The van der Waals surface area contributed by atoms with Gasteiger partial charge in [0.2, 0.25) is 5.95 Å². The molecule has 5 rings (SSSR count). The Morgan fingerprint density at radius 1 is 0.970 bits per heavy atom. The number of hydrogen-bond donors (Lipinski definition) is 0. The molecule has 0 N–H and O–H groups in total. The molecule has 170 valence electrons. The van der Waals surface area contributed by atoms with E-state index in [2.05, 4.69) is 43.9 Å². The topological polar surface area (TPSA) is 65.1 Å². The summed E-state index contributed by atoms with van der Waals surface area (Å²) in [6.07, 6.45) is 0. The molecule has 0 unspecified atom stereocenters. The SMILES string of the molecule is Cc1ccc(Cn2c(=O)c3c(nc4n3C[C@H](C)CN4c3ccc(C)c(C)c3)n(C)c2=O)cc1. The van der Waals surface area contributed by atoms with Crippen LogP contribution in [0.1, 0.15) is 29.2 Å². The van der Waals surface area contributed by atoms with E-state index in [-0.39, 0.29) is 17.8 Å². The molecule has 0 amide bonds. The Morgan fingerprint density at radius 2 is 1.70 bits per heavy atom. The van der Waals surface area contributed by atoms with Gasteiger partial charge in [0.15, 0.2) is 11.2 Å². The van der Waals surface area contributed by atoms with Crippen LogP contribution < -0.4 is 16.1 Å². The largest absolute Gasteiger partial charge is 0.332 e. The highest BCUT2D eigenvalue weighted by Crippen LogP contribution is 2.33. The fourth-order valence-corrected chi connectivity index (χ4v) is 4.63. The molecule has 7 heteroatoms. The molecule has 2 aromatic heterocycles. The third-order valence-corrected chi connectivity index (χ3v) is 6.71. The Morgan fingerprint density at radius 3 is 2.39 bits per heavy atom. The minimum absolute atomic E-state index is 0.235. The van der Waals surface area contributed by atoms with Crippen LogP contribution in [0.4, 0.5) is 11.6 Å². The number of nitrogens with zero attached hydrogens (tertiary/aromatic N) is 5. The van der Waals surface area contributed by atoms with E-state index in [1.54, 1.807) is 7.05 Å². The lowest BCUT2D eigenvalue weighted by Crippen LogP contribution is -2.40. The van der Waals surface area contributed by atoms with Gasteiger partial charge in [0, 0.05) is 25.8 Å². The average molecular weight is 444 g/mol. The molecular weight excluding hydrogens is 414 g/mol. The van der Waals surface area contributed by atoms with Crippen molar-refractivity contribution in [3.05, 3.63) is 85.6 Å². The first-order valence-electron chi connectivity index (χ1n) is 11.3. The van der Waals surface area contributed by atoms with E-state index in [9.17, 15) is 9.59 Å². The number of hydrogen-bond acceptors (Lipinski definition) is 4. The minimum Gasteiger partial charge on any atom is -0.312 e. The van der Waals surface area contributed by atoms with Crippen molar-refractivity contribution in [3.8, 4) is 0 Å². The quantitative estimate of drug-likeness (QED) is 0.485. The predicted molar refractivity (Wildman–Crippen MR) is 132 cm³/mol. The summed E-state index contributed by atoms with van der Waals surface area (Å²) in [5.41, 5.74) is 5.83. The maximum absolute atomic E-state index is 13.6. The summed E-state index contributed by atoms with van der Waals surface area (Å²) in [5.74, 6) is 1.03. The standard InChI is InChI=1S/C26H29N5O2/c1-16-6-9-20(10-7-16)15-31-24(32)22-23(28(5)26(31)33)27-25-29(13-17(2)14-30(22)25)21-11-8-18(3)19(4)12-21/h6-12,17H,13-15H2,1-5H3/t17-/m1/s1. The van der Waals surface area contributed by atoms with Crippen LogP contribution in [0, 0.1) is 26.7 Å². The van der Waals surface area contributed by atoms with Crippen molar-refractivity contribution in [3.63, 3.8) is 0 Å². The zero-order chi connectivity index (χ0) is 23.4. The second kappa shape index (κ2) is 7.76. The molecule has 0 bridgehead atoms. The summed E-state index contributed by atoms with van der Waals surface area (Å²) >= 11 is 0. The summed E-state index contributed by atoms with van der Waals surface area (Å²) < 4.78 is 4.81. The number of aromatic nitrogens is 4. The molecular formula is C26H29N5O2. The first-order chi connectivity index (χ1) is 15.7. The highest BCUT2D eigenvalue weighted by atomic mass is 16.2. The Bertz CT molecular complexity index is 1490. The molecule has 0 saturated carbocycles. The molecule has 0 fully saturated rings. The lowest BCUT2D eigenvalue weighted by atomic mass is 10.1. The van der Waals surface area contributed by atoms with Gasteiger partial charge in [-0.25, -0.2) is 4.79 Å². The molecule has 0 saturated heterocycles.